The number of benzene rings is 1. The number of pyridine rings is 2. The minimum absolute atomic E-state index is 0.253. The van der Waals surface area contributed by atoms with Crippen molar-refractivity contribution in [3.63, 3.8) is 0 Å². The van der Waals surface area contributed by atoms with Gasteiger partial charge in [0.15, 0.2) is 6.29 Å². The molecule has 4 rings (SSSR count). The molecule has 2 heterocycles. The first kappa shape index (κ1) is 20.1. The second-order valence-corrected chi connectivity index (χ2v) is 7.53. The Labute approximate surface area is 173 Å². The number of aliphatic hydroxyl groups is 2. The van der Waals surface area contributed by atoms with Crippen molar-refractivity contribution in [1.29, 1.82) is 0 Å². The molecule has 1 saturated carbocycles. The summed E-state index contributed by atoms with van der Waals surface area (Å²) in [7, 11) is 3.99. The molecule has 3 aromatic rings. The third-order valence-electron chi connectivity index (χ3n) is 5.35. The number of fused-ring (bicyclic) bond motifs is 1. The molecule has 0 amide bonds. The van der Waals surface area contributed by atoms with Gasteiger partial charge in [0.2, 0.25) is 13.7 Å². The Morgan fingerprint density at radius 1 is 1.17 bits per heavy atom. The van der Waals surface area contributed by atoms with Crippen LogP contribution < -0.4 is 15.0 Å². The third-order valence-corrected chi connectivity index (χ3v) is 5.35. The Balaban J connectivity index is 2.08. The van der Waals surface area contributed by atoms with Gasteiger partial charge in [-0.05, 0) is 42.0 Å². The molecule has 2 N–H and O–H groups in total. The number of rotatable bonds is 6. The number of carbonyl (C=O) groups excluding carboxylic acids is 1. The van der Waals surface area contributed by atoms with Crippen molar-refractivity contribution < 1.29 is 24.5 Å². The van der Waals surface area contributed by atoms with E-state index >= 15 is 0 Å². The molecular weight excluding hydrogens is 387 g/mol. The molecule has 2 aromatic heterocycles. The summed E-state index contributed by atoms with van der Waals surface area (Å²) in [6, 6.07) is 5.17. The number of aldehydes is 1. The van der Waals surface area contributed by atoms with Crippen LogP contribution in [0.15, 0.2) is 35.4 Å². The lowest BCUT2D eigenvalue weighted by atomic mass is 9.96. The Morgan fingerprint density at radius 3 is 2.30 bits per heavy atom. The molecule has 1 aromatic carbocycles. The number of methoxy groups -OCH3 is 2. The average Bonchev–Trinajstić information content (AvgIpc) is 3.57. The van der Waals surface area contributed by atoms with Crippen LogP contribution in [0, 0.1) is 0 Å². The van der Waals surface area contributed by atoms with E-state index in [0.717, 1.165) is 30.9 Å². The van der Waals surface area contributed by atoms with E-state index in [0.29, 0.717) is 40.2 Å². The number of ether oxygens (including phenoxy) is 2. The first-order valence-electron chi connectivity index (χ1n) is 9.50. The molecule has 30 heavy (non-hydrogen) atoms. The predicted molar refractivity (Wildman–Crippen MR) is 113 cm³/mol. The van der Waals surface area contributed by atoms with E-state index in [1.54, 1.807) is 12.1 Å². The van der Waals surface area contributed by atoms with Gasteiger partial charge in [-0.1, -0.05) is 0 Å². The van der Waals surface area contributed by atoms with Gasteiger partial charge in [0.25, 0.3) is 5.56 Å². The maximum atomic E-state index is 12.9. The van der Waals surface area contributed by atoms with Crippen molar-refractivity contribution >= 4 is 24.9 Å². The van der Waals surface area contributed by atoms with Crippen molar-refractivity contribution in [2.24, 2.45) is 0 Å². The molecule has 154 valence electrons. The fraction of sp³-hybridized carbons (Fsp3) is 0.286. The standard InChI is InChI=1S/C21H21BN2O6/c1-29-18-5-12(6-19(30-2)16(18)10-25)15-9-24(21(22,27)28)20(26)14-8-23-17(7-13(14)15)11-3-4-11/h5-11,27-28H,3-4,22H2,1-2H3. The Hall–Kier alpha value is -3.17. The maximum Gasteiger partial charge on any atom is 0.263 e. The van der Waals surface area contributed by atoms with E-state index in [1.165, 1.54) is 26.6 Å². The second-order valence-electron chi connectivity index (χ2n) is 7.53. The summed E-state index contributed by atoms with van der Waals surface area (Å²) in [4.78, 5) is 28.8. The molecule has 1 aliphatic rings. The first-order valence-corrected chi connectivity index (χ1v) is 9.50. The molecule has 0 radical (unpaired) electrons. The van der Waals surface area contributed by atoms with Gasteiger partial charge in [0, 0.05) is 29.6 Å². The van der Waals surface area contributed by atoms with E-state index in [4.69, 9.17) is 9.47 Å². The summed E-state index contributed by atoms with van der Waals surface area (Å²) < 4.78 is 11.6. The van der Waals surface area contributed by atoms with Crippen molar-refractivity contribution in [1.82, 2.24) is 9.55 Å². The molecule has 0 spiro atoms. The van der Waals surface area contributed by atoms with Crippen LogP contribution >= 0.6 is 0 Å². The lowest BCUT2D eigenvalue weighted by Crippen LogP contribution is -2.41. The molecule has 8 nitrogen and oxygen atoms in total. The normalized spacial score (nSPS) is 14.0. The van der Waals surface area contributed by atoms with Crippen molar-refractivity contribution in [2.75, 3.05) is 14.2 Å². The maximum absolute atomic E-state index is 12.9. The van der Waals surface area contributed by atoms with E-state index < -0.39 is 11.4 Å². The number of hydrogen-bond donors (Lipinski definition) is 2. The molecule has 0 saturated heterocycles. The monoisotopic (exact) mass is 408 g/mol. The summed E-state index contributed by atoms with van der Waals surface area (Å²) in [6.07, 6.45) is 5.60. The van der Waals surface area contributed by atoms with E-state index in [2.05, 4.69) is 4.98 Å². The van der Waals surface area contributed by atoms with Crippen LogP contribution in [0.3, 0.4) is 0 Å². The first-order chi connectivity index (χ1) is 14.3. The van der Waals surface area contributed by atoms with Crippen LogP contribution in [0.5, 0.6) is 11.5 Å². The Kier molecular flexibility index (Phi) is 4.87. The molecule has 1 aliphatic carbocycles. The minimum Gasteiger partial charge on any atom is -0.496 e. The largest absolute Gasteiger partial charge is 0.496 e. The van der Waals surface area contributed by atoms with Crippen LogP contribution in [0.25, 0.3) is 21.9 Å². The van der Waals surface area contributed by atoms with Gasteiger partial charge >= 0.3 is 0 Å². The molecular formula is C21H21BN2O6. The zero-order valence-electron chi connectivity index (χ0n) is 16.9. The summed E-state index contributed by atoms with van der Waals surface area (Å²) >= 11 is 0. The quantitative estimate of drug-likeness (QED) is 0.355. The van der Waals surface area contributed by atoms with E-state index in [1.807, 2.05) is 6.07 Å². The van der Waals surface area contributed by atoms with Crippen LogP contribution in [-0.2, 0) is 5.81 Å². The van der Waals surface area contributed by atoms with Crippen LogP contribution in [-0.4, -0.2) is 48.1 Å². The highest BCUT2D eigenvalue weighted by molar-refractivity contribution is 6.11. The number of carbonyl (C=O) groups is 1. The van der Waals surface area contributed by atoms with E-state index in [9.17, 15) is 19.8 Å². The van der Waals surface area contributed by atoms with Gasteiger partial charge in [0.1, 0.15) is 11.5 Å². The fourth-order valence-electron chi connectivity index (χ4n) is 3.61. The fourth-order valence-corrected chi connectivity index (χ4v) is 3.61. The molecule has 0 unspecified atom stereocenters. The highest BCUT2D eigenvalue weighted by Gasteiger charge is 2.27. The molecule has 0 atom stereocenters. The lowest BCUT2D eigenvalue weighted by molar-refractivity contribution is -0.153. The summed E-state index contributed by atoms with van der Waals surface area (Å²) in [5.74, 6) is -1.44. The number of aromatic nitrogens is 2. The Bertz CT molecular complexity index is 1190. The van der Waals surface area contributed by atoms with Crippen LogP contribution in [0.1, 0.15) is 34.8 Å². The van der Waals surface area contributed by atoms with Gasteiger partial charge in [-0.25, -0.2) is 0 Å². The third kappa shape index (κ3) is 3.36. The van der Waals surface area contributed by atoms with Crippen molar-refractivity contribution in [3.05, 3.63) is 52.2 Å². The number of hydrogen-bond acceptors (Lipinski definition) is 7. The van der Waals surface area contributed by atoms with Gasteiger partial charge in [-0.2, -0.15) is 0 Å². The molecule has 1 fully saturated rings. The summed E-state index contributed by atoms with van der Waals surface area (Å²) in [6.45, 7) is 0. The average molecular weight is 408 g/mol. The van der Waals surface area contributed by atoms with Gasteiger partial charge < -0.3 is 19.7 Å². The van der Waals surface area contributed by atoms with Crippen LogP contribution in [0.2, 0.25) is 0 Å². The van der Waals surface area contributed by atoms with Gasteiger partial charge in [-0.3, -0.25) is 19.1 Å². The highest BCUT2D eigenvalue weighted by Crippen LogP contribution is 2.41. The smallest absolute Gasteiger partial charge is 0.263 e. The predicted octanol–water partition coefficient (Wildman–Crippen LogP) is 0.956. The van der Waals surface area contributed by atoms with Gasteiger partial charge in [0.05, 0.1) is 25.2 Å². The number of nitrogens with zero attached hydrogens (tertiary/aromatic N) is 2. The SMILES string of the molecule is BC(O)(O)n1cc(-c2cc(OC)c(C=O)c(OC)c2)c2cc(C3CC3)ncc2c1=O. The zero-order chi connectivity index (χ0) is 21.6. The second kappa shape index (κ2) is 7.26. The van der Waals surface area contributed by atoms with Crippen LogP contribution in [0.4, 0.5) is 0 Å². The van der Waals surface area contributed by atoms with Crippen molar-refractivity contribution in [2.45, 2.75) is 24.6 Å². The summed E-state index contributed by atoms with van der Waals surface area (Å²) in [5.41, 5.74) is 1.72. The zero-order valence-corrected chi connectivity index (χ0v) is 16.9. The summed E-state index contributed by atoms with van der Waals surface area (Å²) in [5, 5.41) is 21.2. The molecule has 9 heteroatoms. The molecule has 0 aliphatic heterocycles. The Morgan fingerprint density at radius 2 is 1.80 bits per heavy atom. The van der Waals surface area contributed by atoms with Crippen molar-refractivity contribution in [3.8, 4) is 22.6 Å². The highest BCUT2D eigenvalue weighted by atomic mass is 16.5. The minimum atomic E-state index is -2.41. The topological polar surface area (TPSA) is 111 Å². The lowest BCUT2D eigenvalue weighted by Gasteiger charge is -2.22. The van der Waals surface area contributed by atoms with E-state index in [-0.39, 0.29) is 10.9 Å². The molecule has 0 bridgehead atoms. The van der Waals surface area contributed by atoms with Gasteiger partial charge in [-0.15, -0.1) is 0 Å².